The van der Waals surface area contributed by atoms with Gasteiger partial charge in [-0.25, -0.2) is 0 Å². The van der Waals surface area contributed by atoms with Gasteiger partial charge in [0.2, 0.25) is 0 Å². The minimum atomic E-state index is -3.91. The van der Waals surface area contributed by atoms with Crippen molar-refractivity contribution in [2.45, 2.75) is 31.6 Å². The lowest BCUT2D eigenvalue weighted by atomic mass is 10.0. The van der Waals surface area contributed by atoms with Gasteiger partial charge in [0.1, 0.15) is 4.90 Å². The van der Waals surface area contributed by atoms with E-state index in [1.54, 1.807) is 18.2 Å². The van der Waals surface area contributed by atoms with Crippen LogP contribution in [-0.2, 0) is 10.1 Å². The molecule has 23 heavy (non-hydrogen) atoms. The summed E-state index contributed by atoms with van der Waals surface area (Å²) in [5, 5.41) is 0. The van der Waals surface area contributed by atoms with E-state index < -0.39 is 10.1 Å². The summed E-state index contributed by atoms with van der Waals surface area (Å²) in [6, 6.07) is 10.2. The average Bonchev–Trinajstić information content (AvgIpc) is 2.49. The van der Waals surface area contributed by atoms with Crippen LogP contribution in [0.25, 0.3) is 0 Å². The molecule has 0 N–H and O–H groups in total. The van der Waals surface area contributed by atoms with Crippen LogP contribution in [0, 0.1) is 10.5 Å². The first-order valence-electron chi connectivity index (χ1n) is 7.14. The Kier molecular flexibility index (Phi) is 5.57. The molecule has 0 heterocycles. The van der Waals surface area contributed by atoms with Crippen LogP contribution in [0.5, 0.6) is 11.5 Å². The van der Waals surface area contributed by atoms with Crippen LogP contribution in [0.4, 0.5) is 0 Å². The van der Waals surface area contributed by atoms with Crippen molar-refractivity contribution in [3.8, 4) is 11.5 Å². The van der Waals surface area contributed by atoms with Crippen LogP contribution >= 0.6 is 22.6 Å². The molecule has 0 unspecified atom stereocenters. The molecule has 0 saturated heterocycles. The molecule has 2 rings (SSSR count). The standard InChI is InChI=1S/C17H19IO4S/c1-11(2)14-9-10-15(21-4)17(16(14)18)22-23(19,20)13-7-5-12(3)6-8-13/h5-11H,1-4H3. The monoisotopic (exact) mass is 446 g/mol. The zero-order chi connectivity index (χ0) is 17.2. The minimum Gasteiger partial charge on any atom is -0.493 e. The highest BCUT2D eigenvalue weighted by Crippen LogP contribution is 2.39. The van der Waals surface area contributed by atoms with Crippen LogP contribution in [-0.4, -0.2) is 15.5 Å². The third-order valence-corrected chi connectivity index (χ3v) is 5.78. The summed E-state index contributed by atoms with van der Waals surface area (Å²) in [6.45, 7) is 5.99. The quantitative estimate of drug-likeness (QED) is 0.502. The summed E-state index contributed by atoms with van der Waals surface area (Å²) in [4.78, 5) is 0.121. The number of methoxy groups -OCH3 is 1. The molecule has 0 aromatic heterocycles. The Morgan fingerprint density at radius 2 is 1.65 bits per heavy atom. The third-order valence-electron chi connectivity index (χ3n) is 3.44. The van der Waals surface area contributed by atoms with Gasteiger partial charge in [-0.2, -0.15) is 8.42 Å². The third kappa shape index (κ3) is 3.98. The molecule has 2 aromatic carbocycles. The van der Waals surface area contributed by atoms with E-state index in [0.717, 1.165) is 14.7 Å². The Labute approximate surface area is 151 Å². The topological polar surface area (TPSA) is 52.6 Å². The Hall–Kier alpha value is -1.28. The predicted octanol–water partition coefficient (Wildman–Crippen LogP) is 4.50. The Bertz CT molecular complexity index is 796. The smallest absolute Gasteiger partial charge is 0.339 e. The maximum atomic E-state index is 12.5. The normalized spacial score (nSPS) is 11.6. The van der Waals surface area contributed by atoms with E-state index in [2.05, 4.69) is 22.6 Å². The van der Waals surface area contributed by atoms with Gasteiger partial charge in [0.15, 0.2) is 11.5 Å². The van der Waals surface area contributed by atoms with E-state index in [1.807, 2.05) is 26.8 Å². The van der Waals surface area contributed by atoms with Gasteiger partial charge >= 0.3 is 10.1 Å². The summed E-state index contributed by atoms with van der Waals surface area (Å²) in [5.74, 6) is 0.881. The largest absolute Gasteiger partial charge is 0.493 e. The minimum absolute atomic E-state index is 0.121. The van der Waals surface area contributed by atoms with Crippen molar-refractivity contribution in [2.75, 3.05) is 7.11 Å². The summed E-state index contributed by atoms with van der Waals surface area (Å²) >= 11 is 2.10. The zero-order valence-corrected chi connectivity index (χ0v) is 16.4. The first-order chi connectivity index (χ1) is 10.8. The molecule has 0 bridgehead atoms. The van der Waals surface area contributed by atoms with Gasteiger partial charge in [-0.3, -0.25) is 0 Å². The Morgan fingerprint density at radius 1 is 1.04 bits per heavy atom. The van der Waals surface area contributed by atoms with Crippen LogP contribution < -0.4 is 8.92 Å². The highest BCUT2D eigenvalue weighted by atomic mass is 127. The van der Waals surface area contributed by atoms with Crippen molar-refractivity contribution in [1.29, 1.82) is 0 Å². The molecule has 0 saturated carbocycles. The van der Waals surface area contributed by atoms with Gasteiger partial charge in [0.05, 0.1) is 10.7 Å². The Balaban J connectivity index is 2.49. The van der Waals surface area contributed by atoms with Crippen molar-refractivity contribution in [3.63, 3.8) is 0 Å². The zero-order valence-electron chi connectivity index (χ0n) is 13.5. The second-order valence-electron chi connectivity index (χ2n) is 5.51. The van der Waals surface area contributed by atoms with Crippen molar-refractivity contribution < 1.29 is 17.3 Å². The van der Waals surface area contributed by atoms with E-state index in [-0.39, 0.29) is 16.6 Å². The number of benzene rings is 2. The maximum Gasteiger partial charge on any atom is 0.339 e. The lowest BCUT2D eigenvalue weighted by Gasteiger charge is -2.16. The second kappa shape index (κ2) is 7.09. The molecule has 0 spiro atoms. The van der Waals surface area contributed by atoms with E-state index in [0.29, 0.717) is 5.75 Å². The van der Waals surface area contributed by atoms with E-state index in [9.17, 15) is 8.42 Å². The molecule has 0 fully saturated rings. The molecule has 0 radical (unpaired) electrons. The molecule has 4 nitrogen and oxygen atoms in total. The molecule has 0 aliphatic rings. The van der Waals surface area contributed by atoms with E-state index >= 15 is 0 Å². The van der Waals surface area contributed by atoms with Crippen molar-refractivity contribution in [3.05, 3.63) is 51.1 Å². The molecular formula is C17H19IO4S. The fourth-order valence-corrected chi connectivity index (χ4v) is 4.38. The van der Waals surface area contributed by atoms with Gasteiger partial charge in [0, 0.05) is 0 Å². The first-order valence-corrected chi connectivity index (χ1v) is 9.62. The van der Waals surface area contributed by atoms with Crippen molar-refractivity contribution >= 4 is 32.7 Å². The van der Waals surface area contributed by atoms with Gasteiger partial charge in [-0.05, 0) is 59.2 Å². The number of aryl methyl sites for hydroxylation is 1. The van der Waals surface area contributed by atoms with Gasteiger partial charge in [-0.1, -0.05) is 37.6 Å². The number of ether oxygens (including phenoxy) is 1. The molecule has 0 aliphatic heterocycles. The molecule has 0 aliphatic carbocycles. The van der Waals surface area contributed by atoms with Crippen LogP contribution in [0.1, 0.15) is 30.9 Å². The van der Waals surface area contributed by atoms with Crippen LogP contribution in [0.3, 0.4) is 0 Å². The van der Waals surface area contributed by atoms with Crippen molar-refractivity contribution in [2.24, 2.45) is 0 Å². The molecule has 0 atom stereocenters. The fourth-order valence-electron chi connectivity index (χ4n) is 2.10. The highest BCUT2D eigenvalue weighted by molar-refractivity contribution is 14.1. The molecule has 6 heteroatoms. The van der Waals surface area contributed by atoms with Gasteiger partial charge < -0.3 is 8.92 Å². The maximum absolute atomic E-state index is 12.5. The number of halogens is 1. The summed E-state index contributed by atoms with van der Waals surface area (Å²) in [7, 11) is -2.42. The number of rotatable bonds is 5. The van der Waals surface area contributed by atoms with E-state index in [4.69, 9.17) is 8.92 Å². The summed E-state index contributed by atoms with van der Waals surface area (Å²) < 4.78 is 36.5. The van der Waals surface area contributed by atoms with E-state index in [1.165, 1.54) is 19.2 Å². The van der Waals surface area contributed by atoms with Crippen LogP contribution in [0.15, 0.2) is 41.3 Å². The first kappa shape index (κ1) is 18.1. The van der Waals surface area contributed by atoms with Crippen LogP contribution in [0.2, 0.25) is 0 Å². The fraction of sp³-hybridized carbons (Fsp3) is 0.294. The molecular weight excluding hydrogens is 427 g/mol. The van der Waals surface area contributed by atoms with Gasteiger partial charge in [-0.15, -0.1) is 0 Å². The van der Waals surface area contributed by atoms with Crippen molar-refractivity contribution in [1.82, 2.24) is 0 Å². The highest BCUT2D eigenvalue weighted by Gasteiger charge is 2.23. The average molecular weight is 446 g/mol. The molecule has 2 aromatic rings. The second-order valence-corrected chi connectivity index (χ2v) is 8.13. The van der Waals surface area contributed by atoms with Gasteiger partial charge in [0.25, 0.3) is 0 Å². The molecule has 124 valence electrons. The SMILES string of the molecule is COc1ccc(C(C)C)c(I)c1OS(=O)(=O)c1ccc(C)cc1. The summed E-state index contributed by atoms with van der Waals surface area (Å²) in [6.07, 6.45) is 0. The number of hydrogen-bond acceptors (Lipinski definition) is 4. The number of hydrogen-bond donors (Lipinski definition) is 0. The lowest BCUT2D eigenvalue weighted by Crippen LogP contribution is -2.12. The molecule has 0 amide bonds. The predicted molar refractivity (Wildman–Crippen MR) is 98.8 cm³/mol. The Morgan fingerprint density at radius 3 is 2.17 bits per heavy atom. The summed E-state index contributed by atoms with van der Waals surface area (Å²) in [5.41, 5.74) is 2.00. The lowest BCUT2D eigenvalue weighted by molar-refractivity contribution is 0.389.